The molecule has 8 heteroatoms. The molecule has 0 spiro atoms. The smallest absolute Gasteiger partial charge is 0.271 e. The number of rotatable bonds is 5. The second-order valence-corrected chi connectivity index (χ2v) is 7.66. The van der Waals surface area contributed by atoms with E-state index in [0.717, 1.165) is 16.8 Å². The van der Waals surface area contributed by atoms with E-state index in [4.69, 9.17) is 4.74 Å². The van der Waals surface area contributed by atoms with E-state index < -0.39 is 10.8 Å². The molecule has 0 fully saturated rings. The number of fused-ring (bicyclic) bond motifs is 1. The molecule has 1 N–H and O–H groups in total. The van der Waals surface area contributed by atoms with Crippen molar-refractivity contribution in [2.24, 2.45) is 5.10 Å². The maximum absolute atomic E-state index is 12.3. The zero-order valence-electron chi connectivity index (χ0n) is 17.6. The molecule has 30 heavy (non-hydrogen) atoms. The Balaban J connectivity index is 1.86. The molecule has 0 aromatic heterocycles. The summed E-state index contributed by atoms with van der Waals surface area (Å²) in [5, 5.41) is 14.9. The van der Waals surface area contributed by atoms with Gasteiger partial charge in [-0.05, 0) is 38.5 Å². The van der Waals surface area contributed by atoms with Crippen molar-refractivity contribution < 1.29 is 14.5 Å². The number of carbonyl (C=O) groups is 1. The average Bonchev–Trinajstić information content (AvgIpc) is 2.71. The molecule has 1 aliphatic heterocycles. The minimum Gasteiger partial charge on any atom is -0.496 e. The molecule has 8 nitrogen and oxygen atoms in total. The number of hydrogen-bond donors (Lipinski definition) is 1. The number of nitrogens with zero attached hydrogens (tertiary/aromatic N) is 3. The van der Waals surface area contributed by atoms with Crippen molar-refractivity contribution >= 4 is 29.1 Å². The number of nitro benzene ring substituents is 1. The summed E-state index contributed by atoms with van der Waals surface area (Å²) < 4.78 is 5.52. The first-order valence-electron chi connectivity index (χ1n) is 9.37. The highest BCUT2D eigenvalue weighted by Crippen LogP contribution is 2.40. The molecule has 2 aromatic carbocycles. The van der Waals surface area contributed by atoms with Crippen molar-refractivity contribution in [3.8, 4) is 5.75 Å². The number of carbonyl (C=O) groups excluding carboxylic acids is 1. The molecular formula is C22H24N4O4. The van der Waals surface area contributed by atoms with Gasteiger partial charge >= 0.3 is 0 Å². The molecule has 0 aliphatic carbocycles. The van der Waals surface area contributed by atoms with Crippen molar-refractivity contribution in [3.05, 3.63) is 69.3 Å². The Labute approximate surface area is 175 Å². The van der Waals surface area contributed by atoms with Crippen LogP contribution in [-0.4, -0.2) is 36.7 Å². The van der Waals surface area contributed by atoms with Gasteiger partial charge in [-0.3, -0.25) is 14.9 Å². The van der Waals surface area contributed by atoms with E-state index in [1.807, 2.05) is 19.2 Å². The van der Waals surface area contributed by atoms with Gasteiger partial charge in [0.2, 0.25) is 0 Å². The lowest BCUT2D eigenvalue weighted by atomic mass is 9.88. The normalized spacial score (nSPS) is 14.8. The van der Waals surface area contributed by atoms with E-state index in [-0.39, 0.29) is 16.8 Å². The largest absolute Gasteiger partial charge is 0.496 e. The van der Waals surface area contributed by atoms with Gasteiger partial charge < -0.3 is 9.64 Å². The Hall–Kier alpha value is -3.68. The quantitative estimate of drug-likeness (QED) is 0.458. The van der Waals surface area contributed by atoms with Crippen LogP contribution in [0.1, 0.15) is 42.3 Å². The van der Waals surface area contributed by atoms with E-state index in [1.165, 1.54) is 30.5 Å². The van der Waals surface area contributed by atoms with E-state index in [9.17, 15) is 14.9 Å². The Morgan fingerprint density at radius 1 is 1.30 bits per heavy atom. The first-order chi connectivity index (χ1) is 14.1. The van der Waals surface area contributed by atoms with E-state index >= 15 is 0 Å². The first-order valence-corrected chi connectivity index (χ1v) is 9.37. The average molecular weight is 408 g/mol. The third-order valence-electron chi connectivity index (χ3n) is 5.26. The lowest BCUT2D eigenvalue weighted by molar-refractivity contribution is -0.384. The zero-order valence-corrected chi connectivity index (χ0v) is 17.6. The van der Waals surface area contributed by atoms with Crippen LogP contribution in [0.4, 0.5) is 11.4 Å². The van der Waals surface area contributed by atoms with Crippen LogP contribution < -0.4 is 15.1 Å². The number of likely N-dealkylation sites (N-methyl/N-ethyl adjacent to an activating group) is 1. The molecule has 0 bridgehead atoms. The molecule has 0 saturated carbocycles. The standard InChI is InChI=1S/C22H24N4O4/c1-14-12-22(2,3)25(4)19-11-20(30-5)16(10-18(14)19)13-23-24-21(27)15-7-6-8-17(9-15)26(28)29/h6-13H,1-5H3,(H,24,27)/b23-13-. The van der Waals surface area contributed by atoms with Gasteiger partial charge in [0.25, 0.3) is 11.6 Å². The van der Waals surface area contributed by atoms with Gasteiger partial charge in [0.1, 0.15) is 5.75 Å². The summed E-state index contributed by atoms with van der Waals surface area (Å²) >= 11 is 0. The first kappa shape index (κ1) is 21.0. The number of anilines is 1. The van der Waals surface area contributed by atoms with Crippen LogP contribution in [0.25, 0.3) is 5.57 Å². The summed E-state index contributed by atoms with van der Waals surface area (Å²) in [6, 6.07) is 9.40. The molecule has 0 saturated heterocycles. The number of amides is 1. The summed E-state index contributed by atoms with van der Waals surface area (Å²) in [5.41, 5.74) is 6.24. The van der Waals surface area contributed by atoms with E-state index in [2.05, 4.69) is 42.3 Å². The molecular weight excluding hydrogens is 384 g/mol. The summed E-state index contributed by atoms with van der Waals surface area (Å²) in [6.07, 6.45) is 3.70. The van der Waals surface area contributed by atoms with Crippen molar-refractivity contribution in [1.29, 1.82) is 0 Å². The molecule has 1 amide bonds. The van der Waals surface area contributed by atoms with Crippen LogP contribution in [0, 0.1) is 10.1 Å². The number of nitro groups is 1. The van der Waals surface area contributed by atoms with Crippen LogP contribution in [0.3, 0.4) is 0 Å². The van der Waals surface area contributed by atoms with Crippen molar-refractivity contribution in [2.45, 2.75) is 26.3 Å². The number of allylic oxidation sites excluding steroid dienone is 1. The van der Waals surface area contributed by atoms with E-state index in [0.29, 0.717) is 11.3 Å². The van der Waals surface area contributed by atoms with Gasteiger partial charge in [0.05, 0.1) is 23.8 Å². The van der Waals surface area contributed by atoms with Gasteiger partial charge in [-0.1, -0.05) is 12.1 Å². The van der Waals surface area contributed by atoms with Crippen molar-refractivity contribution in [3.63, 3.8) is 0 Å². The van der Waals surface area contributed by atoms with E-state index in [1.54, 1.807) is 7.11 Å². The Morgan fingerprint density at radius 3 is 2.70 bits per heavy atom. The maximum atomic E-state index is 12.3. The molecule has 3 rings (SSSR count). The molecule has 0 unspecified atom stereocenters. The molecule has 1 aliphatic rings. The number of nitrogens with one attached hydrogen (secondary N) is 1. The van der Waals surface area contributed by atoms with Crippen LogP contribution >= 0.6 is 0 Å². The number of hydrazone groups is 1. The number of hydrogen-bond acceptors (Lipinski definition) is 6. The molecule has 1 heterocycles. The van der Waals surface area contributed by atoms with Crippen LogP contribution in [0.15, 0.2) is 47.6 Å². The van der Waals surface area contributed by atoms with Gasteiger partial charge in [-0.25, -0.2) is 5.43 Å². The third kappa shape index (κ3) is 4.03. The van der Waals surface area contributed by atoms with Crippen molar-refractivity contribution in [2.75, 3.05) is 19.1 Å². The van der Waals surface area contributed by atoms with Crippen LogP contribution in [-0.2, 0) is 0 Å². The Bertz CT molecular complexity index is 1070. The SMILES string of the molecule is COc1cc2c(cc1/C=N\NC(=O)c1cccc([N+](=O)[O-])c1)C(C)=CC(C)(C)N2C. The highest BCUT2D eigenvalue weighted by molar-refractivity contribution is 5.96. The predicted octanol–water partition coefficient (Wildman–Crippen LogP) is 4.00. The van der Waals surface area contributed by atoms with Gasteiger partial charge in [0.15, 0.2) is 0 Å². The highest BCUT2D eigenvalue weighted by Gasteiger charge is 2.29. The lowest BCUT2D eigenvalue weighted by Gasteiger charge is -2.40. The number of non-ortho nitro benzene ring substituents is 1. The lowest BCUT2D eigenvalue weighted by Crippen LogP contribution is -2.42. The fraction of sp³-hybridized carbons (Fsp3) is 0.273. The molecule has 0 radical (unpaired) electrons. The summed E-state index contributed by atoms with van der Waals surface area (Å²) in [7, 11) is 3.62. The number of benzene rings is 2. The second-order valence-electron chi connectivity index (χ2n) is 7.66. The second kappa shape index (κ2) is 7.98. The van der Waals surface area contributed by atoms with Crippen LogP contribution in [0.2, 0.25) is 0 Å². The monoisotopic (exact) mass is 408 g/mol. The number of methoxy groups -OCH3 is 1. The zero-order chi connectivity index (χ0) is 22.1. The molecule has 156 valence electrons. The van der Waals surface area contributed by atoms with Crippen molar-refractivity contribution in [1.82, 2.24) is 5.43 Å². The van der Waals surface area contributed by atoms with Gasteiger partial charge in [-0.2, -0.15) is 5.10 Å². The summed E-state index contributed by atoms with van der Waals surface area (Å²) in [6.45, 7) is 6.35. The minimum absolute atomic E-state index is 0.121. The van der Waals surface area contributed by atoms with Gasteiger partial charge in [-0.15, -0.1) is 0 Å². The van der Waals surface area contributed by atoms with Crippen LogP contribution in [0.5, 0.6) is 5.75 Å². The molecule has 2 aromatic rings. The third-order valence-corrected chi connectivity index (χ3v) is 5.26. The maximum Gasteiger partial charge on any atom is 0.271 e. The predicted molar refractivity (Wildman–Crippen MR) is 117 cm³/mol. The fourth-order valence-corrected chi connectivity index (χ4v) is 3.46. The summed E-state index contributed by atoms with van der Waals surface area (Å²) in [5.74, 6) is 0.0869. The topological polar surface area (TPSA) is 97.1 Å². The van der Waals surface area contributed by atoms with Gasteiger partial charge in [0, 0.05) is 47.6 Å². The number of ether oxygens (including phenoxy) is 1. The Kier molecular flexibility index (Phi) is 5.60. The summed E-state index contributed by atoms with van der Waals surface area (Å²) in [4.78, 5) is 24.8. The minimum atomic E-state index is -0.549. The fourth-order valence-electron chi connectivity index (χ4n) is 3.46. The molecule has 0 atom stereocenters. The Morgan fingerprint density at radius 2 is 2.03 bits per heavy atom. The highest BCUT2D eigenvalue weighted by atomic mass is 16.6.